The fourth-order valence-electron chi connectivity index (χ4n) is 1.66. The number of hydrogen-bond donors (Lipinski definition) is 2. The van der Waals surface area contributed by atoms with Gasteiger partial charge < -0.3 is 5.32 Å². The Hall–Kier alpha value is 0.530. The number of unbranched alkanes of at least 4 members (excludes halogenated alkanes) is 7. The molecule has 96 valence electrons. The summed E-state index contributed by atoms with van der Waals surface area (Å²) in [6.45, 7) is 2.25. The number of thiocarbonyl (C=S) groups is 1. The quantitative estimate of drug-likeness (QED) is 0.194. The van der Waals surface area contributed by atoms with E-state index in [0.717, 1.165) is 6.42 Å². The largest absolute Gasteiger partial charge is 0.355 e. The summed E-state index contributed by atoms with van der Waals surface area (Å²) in [6, 6.07) is 0. The highest BCUT2D eigenvalue weighted by Gasteiger charge is 2.03. The monoisotopic (exact) mass is 281 g/mol. The summed E-state index contributed by atoms with van der Waals surface area (Å²) in [6.07, 6.45) is 11.6. The van der Waals surface area contributed by atoms with Crippen LogP contribution in [0.2, 0.25) is 0 Å². The number of halogens is 1. The molecule has 0 bridgehead atoms. The van der Waals surface area contributed by atoms with E-state index in [0.29, 0.717) is 4.32 Å². The summed E-state index contributed by atoms with van der Waals surface area (Å²) in [5, 5.41) is 2.92. The Morgan fingerprint density at radius 2 is 1.62 bits per heavy atom. The van der Waals surface area contributed by atoms with Crippen LogP contribution in [0.15, 0.2) is 0 Å². The molecule has 0 amide bonds. The van der Waals surface area contributed by atoms with Crippen molar-refractivity contribution >= 4 is 40.8 Å². The Bertz CT molecular complexity index is 176. The zero-order chi connectivity index (χ0) is 12.2. The molecule has 0 rings (SSSR count). The van der Waals surface area contributed by atoms with Crippen LogP contribution in [-0.2, 0) is 0 Å². The zero-order valence-electron chi connectivity index (χ0n) is 10.2. The van der Waals surface area contributed by atoms with Crippen LogP contribution in [0.1, 0.15) is 64.7 Å². The molecule has 0 fully saturated rings. The van der Waals surface area contributed by atoms with Crippen LogP contribution < -0.4 is 5.32 Å². The summed E-state index contributed by atoms with van der Waals surface area (Å²) >= 11 is 14.8. The van der Waals surface area contributed by atoms with Crippen molar-refractivity contribution in [3.63, 3.8) is 0 Å². The lowest BCUT2D eigenvalue weighted by atomic mass is 10.1. The standard InChI is InChI=1S/C12H24ClNS2/c1-2-3-4-5-6-7-8-9-10-11(13)14-12(15)16/h11H,2-10H2,1H3,(H2,14,15,16). The SMILES string of the molecule is CCCCCCCCCCC(Cl)NC(=S)S. The summed E-state index contributed by atoms with van der Waals surface area (Å²) in [5.41, 5.74) is -0.0508. The van der Waals surface area contributed by atoms with Crippen molar-refractivity contribution in [2.24, 2.45) is 0 Å². The average Bonchev–Trinajstić information content (AvgIpc) is 2.21. The Labute approximate surface area is 116 Å². The van der Waals surface area contributed by atoms with E-state index in [1.165, 1.54) is 51.4 Å². The summed E-state index contributed by atoms with van der Waals surface area (Å²) in [4.78, 5) is 0. The fraction of sp³-hybridized carbons (Fsp3) is 0.917. The van der Waals surface area contributed by atoms with E-state index in [-0.39, 0.29) is 5.50 Å². The highest BCUT2D eigenvalue weighted by atomic mass is 35.5. The molecule has 0 saturated carbocycles. The molecule has 0 aliphatic rings. The molecule has 0 heterocycles. The maximum atomic E-state index is 6.01. The van der Waals surface area contributed by atoms with E-state index >= 15 is 0 Å². The molecule has 4 heteroatoms. The predicted octanol–water partition coefficient (Wildman–Crippen LogP) is 4.89. The third-order valence-electron chi connectivity index (χ3n) is 2.59. The van der Waals surface area contributed by atoms with Crippen LogP contribution in [0.4, 0.5) is 0 Å². The molecule has 0 saturated heterocycles. The van der Waals surface area contributed by atoms with Crippen LogP contribution in [0.25, 0.3) is 0 Å². The lowest BCUT2D eigenvalue weighted by Gasteiger charge is -2.10. The lowest BCUT2D eigenvalue weighted by Crippen LogP contribution is -2.25. The third kappa shape index (κ3) is 12.6. The molecule has 0 aliphatic heterocycles. The molecule has 0 aromatic rings. The second kappa shape index (κ2) is 12.0. The van der Waals surface area contributed by atoms with Gasteiger partial charge in [-0.3, -0.25) is 0 Å². The normalized spacial score (nSPS) is 12.4. The van der Waals surface area contributed by atoms with Gasteiger partial charge in [0.25, 0.3) is 0 Å². The minimum atomic E-state index is -0.0508. The van der Waals surface area contributed by atoms with Crippen molar-refractivity contribution in [1.82, 2.24) is 5.32 Å². The van der Waals surface area contributed by atoms with Gasteiger partial charge >= 0.3 is 0 Å². The Kier molecular flexibility index (Phi) is 12.4. The molecule has 0 radical (unpaired) electrons. The Morgan fingerprint density at radius 1 is 1.12 bits per heavy atom. The van der Waals surface area contributed by atoms with Gasteiger partial charge in [-0.25, -0.2) is 0 Å². The molecule has 1 nitrogen and oxygen atoms in total. The van der Waals surface area contributed by atoms with Crippen LogP contribution in [-0.4, -0.2) is 9.82 Å². The van der Waals surface area contributed by atoms with Gasteiger partial charge in [-0.05, 0) is 6.42 Å². The van der Waals surface area contributed by atoms with Gasteiger partial charge in [-0.15, -0.1) is 12.6 Å². The molecule has 0 aliphatic carbocycles. The predicted molar refractivity (Wildman–Crippen MR) is 81.6 cm³/mol. The van der Waals surface area contributed by atoms with Gasteiger partial charge in [-0.1, -0.05) is 82.1 Å². The van der Waals surface area contributed by atoms with E-state index in [1.54, 1.807) is 0 Å². The van der Waals surface area contributed by atoms with Crippen LogP contribution >= 0.6 is 36.4 Å². The Morgan fingerprint density at radius 3 is 2.12 bits per heavy atom. The molecule has 0 aromatic carbocycles. The van der Waals surface area contributed by atoms with E-state index in [2.05, 4.69) is 24.9 Å². The van der Waals surface area contributed by atoms with Gasteiger partial charge in [0.1, 0.15) is 9.82 Å². The number of nitrogens with one attached hydrogen (secondary N) is 1. The molecule has 1 N–H and O–H groups in total. The van der Waals surface area contributed by atoms with Crippen molar-refractivity contribution in [3.8, 4) is 0 Å². The minimum absolute atomic E-state index is 0.0508. The first-order valence-corrected chi connectivity index (χ1v) is 7.59. The average molecular weight is 282 g/mol. The van der Waals surface area contributed by atoms with Gasteiger partial charge in [0.15, 0.2) is 0 Å². The van der Waals surface area contributed by atoms with E-state index in [1.807, 2.05) is 0 Å². The first-order valence-electron chi connectivity index (χ1n) is 6.30. The van der Waals surface area contributed by atoms with Crippen molar-refractivity contribution in [1.29, 1.82) is 0 Å². The molecular formula is C12H24ClNS2. The van der Waals surface area contributed by atoms with E-state index in [9.17, 15) is 0 Å². The summed E-state index contributed by atoms with van der Waals surface area (Å²) < 4.78 is 0.486. The number of alkyl halides is 1. The second-order valence-electron chi connectivity index (χ2n) is 4.18. The molecule has 16 heavy (non-hydrogen) atoms. The molecule has 1 unspecified atom stereocenters. The topological polar surface area (TPSA) is 12.0 Å². The first-order chi connectivity index (χ1) is 7.66. The zero-order valence-corrected chi connectivity index (χ0v) is 12.6. The van der Waals surface area contributed by atoms with Crippen LogP contribution in [0.3, 0.4) is 0 Å². The van der Waals surface area contributed by atoms with Crippen LogP contribution in [0, 0.1) is 0 Å². The second-order valence-corrected chi connectivity index (χ2v) is 5.87. The van der Waals surface area contributed by atoms with Gasteiger partial charge in [0.2, 0.25) is 0 Å². The summed E-state index contributed by atoms with van der Waals surface area (Å²) in [5.74, 6) is 0. The molecule has 1 atom stereocenters. The number of rotatable bonds is 10. The van der Waals surface area contributed by atoms with E-state index in [4.69, 9.17) is 23.8 Å². The molecular weight excluding hydrogens is 258 g/mol. The summed E-state index contributed by atoms with van der Waals surface area (Å²) in [7, 11) is 0. The number of hydrogen-bond acceptors (Lipinski definition) is 1. The van der Waals surface area contributed by atoms with E-state index < -0.39 is 0 Å². The maximum Gasteiger partial charge on any atom is 0.131 e. The van der Waals surface area contributed by atoms with Gasteiger partial charge in [0, 0.05) is 0 Å². The van der Waals surface area contributed by atoms with Crippen molar-refractivity contribution in [2.45, 2.75) is 70.2 Å². The smallest absolute Gasteiger partial charge is 0.131 e. The number of thiol groups is 1. The Balaban J connectivity index is 3.11. The first kappa shape index (κ1) is 16.5. The lowest BCUT2D eigenvalue weighted by molar-refractivity contribution is 0.555. The van der Waals surface area contributed by atoms with Crippen molar-refractivity contribution in [2.75, 3.05) is 0 Å². The van der Waals surface area contributed by atoms with Crippen molar-refractivity contribution in [3.05, 3.63) is 0 Å². The fourth-order valence-corrected chi connectivity index (χ4v) is 2.37. The molecule has 0 spiro atoms. The van der Waals surface area contributed by atoms with Crippen LogP contribution in [0.5, 0.6) is 0 Å². The molecule has 0 aromatic heterocycles. The maximum absolute atomic E-state index is 6.01. The minimum Gasteiger partial charge on any atom is -0.355 e. The third-order valence-corrected chi connectivity index (χ3v) is 3.17. The van der Waals surface area contributed by atoms with Gasteiger partial charge in [0.05, 0.1) is 0 Å². The highest BCUT2D eigenvalue weighted by Crippen LogP contribution is 2.11. The van der Waals surface area contributed by atoms with Gasteiger partial charge in [-0.2, -0.15) is 0 Å². The van der Waals surface area contributed by atoms with Crippen molar-refractivity contribution < 1.29 is 0 Å². The highest BCUT2D eigenvalue weighted by molar-refractivity contribution is 8.11.